The Bertz CT molecular complexity index is 597. The molecule has 2 heterocycles. The van der Waals surface area contributed by atoms with Crippen molar-refractivity contribution in [3.8, 4) is 6.07 Å². The van der Waals surface area contributed by atoms with Gasteiger partial charge in [-0.25, -0.2) is 4.98 Å². The molecule has 5 nitrogen and oxygen atoms in total. The summed E-state index contributed by atoms with van der Waals surface area (Å²) in [6, 6.07) is 8.66. The number of rotatable bonds is 3. The highest BCUT2D eigenvalue weighted by Crippen LogP contribution is 2.06. The molecule has 0 fully saturated rings. The molecule has 0 unspecified atom stereocenters. The highest BCUT2D eigenvalue weighted by Gasteiger charge is 2.09. The standard InChI is InChI=1S/C13H11N3O2/c1-9-10(7-14)4-5-12(16-9)13(17)15-8-11-3-2-6-18-11/h2-6H,8H2,1H3,(H,15,17). The molecule has 90 valence electrons. The lowest BCUT2D eigenvalue weighted by molar-refractivity contribution is 0.0943. The van der Waals surface area contributed by atoms with Crippen LogP contribution in [0.4, 0.5) is 0 Å². The third-order valence-electron chi connectivity index (χ3n) is 2.44. The number of pyridine rings is 1. The topological polar surface area (TPSA) is 78.9 Å². The Kier molecular flexibility index (Phi) is 3.39. The maximum absolute atomic E-state index is 11.8. The third-order valence-corrected chi connectivity index (χ3v) is 2.44. The van der Waals surface area contributed by atoms with E-state index >= 15 is 0 Å². The van der Waals surface area contributed by atoms with Crippen molar-refractivity contribution in [2.45, 2.75) is 13.5 Å². The van der Waals surface area contributed by atoms with Gasteiger partial charge in [0.25, 0.3) is 5.91 Å². The summed E-state index contributed by atoms with van der Waals surface area (Å²) in [6.07, 6.45) is 1.55. The number of hydrogen-bond acceptors (Lipinski definition) is 4. The normalized spacial score (nSPS) is 9.78. The molecule has 2 rings (SSSR count). The van der Waals surface area contributed by atoms with Crippen molar-refractivity contribution in [2.75, 3.05) is 0 Å². The van der Waals surface area contributed by atoms with Crippen LogP contribution in [0.5, 0.6) is 0 Å². The summed E-state index contributed by atoms with van der Waals surface area (Å²) in [7, 11) is 0. The minimum Gasteiger partial charge on any atom is -0.467 e. The number of furan rings is 1. The molecule has 1 N–H and O–H groups in total. The van der Waals surface area contributed by atoms with E-state index in [0.29, 0.717) is 23.6 Å². The van der Waals surface area contributed by atoms with Crippen LogP contribution in [0, 0.1) is 18.3 Å². The van der Waals surface area contributed by atoms with Crippen molar-refractivity contribution < 1.29 is 9.21 Å². The van der Waals surface area contributed by atoms with E-state index in [9.17, 15) is 4.79 Å². The maximum Gasteiger partial charge on any atom is 0.270 e. The van der Waals surface area contributed by atoms with Gasteiger partial charge in [0.05, 0.1) is 24.1 Å². The Balaban J connectivity index is 2.05. The Morgan fingerprint density at radius 3 is 2.94 bits per heavy atom. The number of hydrogen-bond donors (Lipinski definition) is 1. The number of carbonyl (C=O) groups excluding carboxylic acids is 1. The predicted molar refractivity (Wildman–Crippen MR) is 63.6 cm³/mol. The zero-order valence-electron chi connectivity index (χ0n) is 9.80. The van der Waals surface area contributed by atoms with Crippen molar-refractivity contribution in [2.24, 2.45) is 0 Å². The summed E-state index contributed by atoms with van der Waals surface area (Å²) in [5.41, 5.74) is 1.30. The second kappa shape index (κ2) is 5.15. The van der Waals surface area contributed by atoms with Crippen molar-refractivity contribution in [3.05, 3.63) is 53.2 Å². The number of amides is 1. The second-order valence-corrected chi connectivity index (χ2v) is 3.70. The third kappa shape index (κ3) is 2.55. The first-order chi connectivity index (χ1) is 8.70. The molecule has 2 aromatic heterocycles. The maximum atomic E-state index is 11.8. The average Bonchev–Trinajstić information content (AvgIpc) is 2.89. The van der Waals surface area contributed by atoms with E-state index in [-0.39, 0.29) is 11.6 Å². The van der Waals surface area contributed by atoms with Crippen LogP contribution in [0.1, 0.15) is 27.5 Å². The first-order valence-electron chi connectivity index (χ1n) is 5.39. The molecule has 0 saturated carbocycles. The van der Waals surface area contributed by atoms with Crippen LogP contribution >= 0.6 is 0 Å². The van der Waals surface area contributed by atoms with Crippen LogP contribution < -0.4 is 5.32 Å². The van der Waals surface area contributed by atoms with Crippen molar-refractivity contribution in [3.63, 3.8) is 0 Å². The van der Waals surface area contributed by atoms with Crippen LogP contribution in [-0.4, -0.2) is 10.9 Å². The van der Waals surface area contributed by atoms with Gasteiger partial charge in [-0.15, -0.1) is 0 Å². The van der Waals surface area contributed by atoms with Gasteiger partial charge in [0.15, 0.2) is 0 Å². The minimum atomic E-state index is -0.293. The lowest BCUT2D eigenvalue weighted by Crippen LogP contribution is -2.23. The summed E-state index contributed by atoms with van der Waals surface area (Å²) in [5, 5.41) is 11.5. The van der Waals surface area contributed by atoms with Crippen LogP contribution in [0.25, 0.3) is 0 Å². The number of nitrogens with zero attached hydrogens (tertiary/aromatic N) is 2. The fourth-order valence-corrected chi connectivity index (χ4v) is 1.48. The minimum absolute atomic E-state index is 0.290. The van der Waals surface area contributed by atoms with Crippen molar-refractivity contribution in [1.82, 2.24) is 10.3 Å². The monoisotopic (exact) mass is 241 g/mol. The van der Waals surface area contributed by atoms with E-state index in [4.69, 9.17) is 9.68 Å². The molecular weight excluding hydrogens is 230 g/mol. The Morgan fingerprint density at radius 1 is 1.50 bits per heavy atom. The Hall–Kier alpha value is -2.61. The average molecular weight is 241 g/mol. The van der Waals surface area contributed by atoms with E-state index in [0.717, 1.165) is 0 Å². The number of nitriles is 1. The lowest BCUT2D eigenvalue weighted by atomic mass is 10.2. The summed E-state index contributed by atoms with van der Waals surface area (Å²) in [6.45, 7) is 2.01. The molecule has 1 amide bonds. The number of aromatic nitrogens is 1. The molecule has 0 radical (unpaired) electrons. The quantitative estimate of drug-likeness (QED) is 0.888. The van der Waals surface area contributed by atoms with Gasteiger partial charge >= 0.3 is 0 Å². The van der Waals surface area contributed by atoms with Crippen LogP contribution in [-0.2, 0) is 6.54 Å². The van der Waals surface area contributed by atoms with E-state index in [1.807, 2.05) is 6.07 Å². The van der Waals surface area contributed by atoms with Gasteiger partial charge in [0.1, 0.15) is 17.5 Å². The van der Waals surface area contributed by atoms with E-state index in [2.05, 4.69) is 10.3 Å². The van der Waals surface area contributed by atoms with Gasteiger partial charge in [0, 0.05) is 0 Å². The molecule has 2 aromatic rings. The van der Waals surface area contributed by atoms with Crippen LogP contribution in [0.2, 0.25) is 0 Å². The summed E-state index contributed by atoms with van der Waals surface area (Å²) in [5.74, 6) is 0.382. The van der Waals surface area contributed by atoms with Gasteiger partial charge in [-0.1, -0.05) is 0 Å². The Morgan fingerprint density at radius 2 is 2.33 bits per heavy atom. The molecule has 0 aliphatic carbocycles. The molecule has 18 heavy (non-hydrogen) atoms. The highest BCUT2D eigenvalue weighted by molar-refractivity contribution is 5.92. The van der Waals surface area contributed by atoms with E-state index < -0.39 is 0 Å². The summed E-state index contributed by atoms with van der Waals surface area (Å²) >= 11 is 0. The van der Waals surface area contributed by atoms with Crippen molar-refractivity contribution in [1.29, 1.82) is 5.26 Å². The molecule has 0 saturated heterocycles. The Labute approximate surface area is 104 Å². The van der Waals surface area contributed by atoms with Gasteiger partial charge in [-0.2, -0.15) is 5.26 Å². The van der Waals surface area contributed by atoms with Gasteiger partial charge < -0.3 is 9.73 Å². The second-order valence-electron chi connectivity index (χ2n) is 3.70. The largest absolute Gasteiger partial charge is 0.467 e. The molecule has 5 heteroatoms. The smallest absolute Gasteiger partial charge is 0.270 e. The van der Waals surface area contributed by atoms with Gasteiger partial charge in [-0.05, 0) is 31.2 Å². The number of carbonyl (C=O) groups is 1. The zero-order valence-corrected chi connectivity index (χ0v) is 9.80. The molecule has 0 bridgehead atoms. The van der Waals surface area contributed by atoms with Crippen LogP contribution in [0.15, 0.2) is 34.9 Å². The van der Waals surface area contributed by atoms with Gasteiger partial charge in [0.2, 0.25) is 0 Å². The zero-order chi connectivity index (χ0) is 13.0. The lowest BCUT2D eigenvalue weighted by Gasteiger charge is -2.04. The predicted octanol–water partition coefficient (Wildman–Crippen LogP) is 1.78. The first kappa shape index (κ1) is 11.9. The number of aryl methyl sites for hydroxylation is 1. The van der Waals surface area contributed by atoms with E-state index in [1.165, 1.54) is 6.07 Å². The van der Waals surface area contributed by atoms with E-state index in [1.54, 1.807) is 31.4 Å². The fourth-order valence-electron chi connectivity index (χ4n) is 1.48. The molecule has 0 atom stereocenters. The SMILES string of the molecule is Cc1nc(C(=O)NCc2ccco2)ccc1C#N. The molecule has 0 aromatic carbocycles. The molecule has 0 spiro atoms. The van der Waals surface area contributed by atoms with Crippen molar-refractivity contribution >= 4 is 5.91 Å². The molecule has 0 aliphatic rings. The summed E-state index contributed by atoms with van der Waals surface area (Å²) < 4.78 is 5.10. The molecule has 0 aliphatic heterocycles. The van der Waals surface area contributed by atoms with Gasteiger partial charge in [-0.3, -0.25) is 4.79 Å². The van der Waals surface area contributed by atoms with Crippen LogP contribution in [0.3, 0.4) is 0 Å². The fraction of sp³-hybridized carbons (Fsp3) is 0.154. The highest BCUT2D eigenvalue weighted by atomic mass is 16.3. The molecular formula is C13H11N3O2. The number of nitrogens with one attached hydrogen (secondary N) is 1. The first-order valence-corrected chi connectivity index (χ1v) is 5.39. The summed E-state index contributed by atoms with van der Waals surface area (Å²) in [4.78, 5) is 15.9.